The Labute approximate surface area is 99.7 Å². The number of esters is 1. The zero-order chi connectivity index (χ0) is 12.1. The fraction of sp³-hybridized carbons (Fsp3) is 0.143. The number of nitrogens with zero attached hydrogens (tertiary/aromatic N) is 1. The van der Waals surface area contributed by atoms with Crippen LogP contribution in [0.15, 0.2) is 42.7 Å². The van der Waals surface area contributed by atoms with Crippen molar-refractivity contribution in [3.05, 3.63) is 48.3 Å². The van der Waals surface area contributed by atoms with E-state index in [4.69, 9.17) is 0 Å². The fourth-order valence-corrected chi connectivity index (χ4v) is 1.65. The van der Waals surface area contributed by atoms with E-state index in [1.807, 2.05) is 36.5 Å². The number of pyridine rings is 1. The maximum absolute atomic E-state index is 11.0. The van der Waals surface area contributed by atoms with E-state index in [9.17, 15) is 4.79 Å². The summed E-state index contributed by atoms with van der Waals surface area (Å²) in [6.07, 6.45) is 7.60. The highest BCUT2D eigenvalue weighted by Gasteiger charge is 1.98. The molecule has 0 aliphatic rings. The summed E-state index contributed by atoms with van der Waals surface area (Å²) < 4.78 is 4.57. The Morgan fingerprint density at radius 3 is 3.12 bits per heavy atom. The lowest BCUT2D eigenvalue weighted by molar-refractivity contribution is -0.139. The molecule has 2 rings (SSSR count). The number of rotatable bonds is 3. The van der Waals surface area contributed by atoms with Crippen molar-refractivity contribution < 1.29 is 9.53 Å². The van der Waals surface area contributed by atoms with Crippen molar-refractivity contribution in [1.82, 2.24) is 4.98 Å². The Morgan fingerprint density at radius 1 is 1.41 bits per heavy atom. The van der Waals surface area contributed by atoms with E-state index in [1.165, 1.54) is 7.11 Å². The molecule has 0 saturated carbocycles. The summed E-state index contributed by atoms with van der Waals surface area (Å²) in [7, 11) is 1.39. The molecule has 86 valence electrons. The normalized spacial score (nSPS) is 10.9. The third-order valence-corrected chi connectivity index (χ3v) is 2.53. The Kier molecular flexibility index (Phi) is 3.50. The van der Waals surface area contributed by atoms with Crippen molar-refractivity contribution in [2.75, 3.05) is 7.11 Å². The molecule has 0 N–H and O–H groups in total. The monoisotopic (exact) mass is 227 g/mol. The maximum Gasteiger partial charge on any atom is 0.309 e. The van der Waals surface area contributed by atoms with Gasteiger partial charge in [0.25, 0.3) is 0 Å². The Bertz CT molecular complexity index is 556. The molecule has 0 spiro atoms. The van der Waals surface area contributed by atoms with Gasteiger partial charge in [0.15, 0.2) is 0 Å². The van der Waals surface area contributed by atoms with Gasteiger partial charge in [-0.3, -0.25) is 9.78 Å². The lowest BCUT2D eigenvalue weighted by Gasteiger charge is -2.00. The van der Waals surface area contributed by atoms with Crippen LogP contribution in [-0.2, 0) is 9.53 Å². The molecule has 3 nitrogen and oxygen atoms in total. The van der Waals surface area contributed by atoms with E-state index < -0.39 is 0 Å². The topological polar surface area (TPSA) is 39.2 Å². The molecule has 0 unspecified atom stereocenters. The van der Waals surface area contributed by atoms with Crippen molar-refractivity contribution in [3.63, 3.8) is 0 Å². The molecule has 0 radical (unpaired) electrons. The molecular weight excluding hydrogens is 214 g/mol. The van der Waals surface area contributed by atoms with Crippen LogP contribution in [0, 0.1) is 0 Å². The minimum atomic E-state index is -0.236. The maximum atomic E-state index is 11.0. The number of fused-ring (bicyclic) bond motifs is 1. The van der Waals surface area contributed by atoms with E-state index >= 15 is 0 Å². The summed E-state index contributed by atoms with van der Waals surface area (Å²) in [5, 5.41) is 2.22. The molecule has 0 aliphatic heterocycles. The third-order valence-electron chi connectivity index (χ3n) is 2.53. The van der Waals surface area contributed by atoms with Crippen LogP contribution >= 0.6 is 0 Å². The Morgan fingerprint density at radius 2 is 2.29 bits per heavy atom. The van der Waals surface area contributed by atoms with Crippen LogP contribution < -0.4 is 0 Å². The highest BCUT2D eigenvalue weighted by molar-refractivity contribution is 5.90. The summed E-state index contributed by atoms with van der Waals surface area (Å²) in [5.41, 5.74) is 1.06. The molecular formula is C14H13NO2. The summed E-state index contributed by atoms with van der Waals surface area (Å²) in [6, 6.07) is 7.99. The van der Waals surface area contributed by atoms with Gasteiger partial charge in [0.05, 0.1) is 13.5 Å². The number of methoxy groups -OCH3 is 1. The molecule has 0 amide bonds. The van der Waals surface area contributed by atoms with E-state index in [1.54, 1.807) is 12.3 Å². The number of hydrogen-bond donors (Lipinski definition) is 0. The molecule has 0 atom stereocenters. The first-order valence-electron chi connectivity index (χ1n) is 5.37. The van der Waals surface area contributed by atoms with E-state index in [0.29, 0.717) is 0 Å². The first kappa shape index (κ1) is 11.3. The smallest absolute Gasteiger partial charge is 0.309 e. The number of aromatic nitrogens is 1. The van der Waals surface area contributed by atoms with Crippen molar-refractivity contribution >= 4 is 22.8 Å². The molecule has 17 heavy (non-hydrogen) atoms. The van der Waals surface area contributed by atoms with Gasteiger partial charge in [-0.05, 0) is 17.0 Å². The van der Waals surface area contributed by atoms with E-state index in [2.05, 4.69) is 9.72 Å². The van der Waals surface area contributed by atoms with Gasteiger partial charge in [-0.1, -0.05) is 30.4 Å². The summed E-state index contributed by atoms with van der Waals surface area (Å²) >= 11 is 0. The minimum Gasteiger partial charge on any atom is -0.469 e. The average Bonchev–Trinajstić information content (AvgIpc) is 2.39. The predicted octanol–water partition coefficient (Wildman–Crippen LogP) is 2.81. The zero-order valence-corrected chi connectivity index (χ0v) is 9.59. The third kappa shape index (κ3) is 2.69. The summed E-state index contributed by atoms with van der Waals surface area (Å²) in [4.78, 5) is 15.1. The van der Waals surface area contributed by atoms with Crippen molar-refractivity contribution in [3.8, 4) is 0 Å². The van der Waals surface area contributed by atoms with E-state index in [-0.39, 0.29) is 12.4 Å². The van der Waals surface area contributed by atoms with Crippen LogP contribution in [0.25, 0.3) is 16.8 Å². The molecule has 1 aromatic carbocycles. The highest BCUT2D eigenvalue weighted by atomic mass is 16.5. The van der Waals surface area contributed by atoms with Crippen molar-refractivity contribution in [1.29, 1.82) is 0 Å². The van der Waals surface area contributed by atoms with Crippen molar-refractivity contribution in [2.24, 2.45) is 0 Å². The molecule has 2 aromatic rings. The summed E-state index contributed by atoms with van der Waals surface area (Å²) in [6.45, 7) is 0. The van der Waals surface area contributed by atoms with Gasteiger partial charge in [-0.15, -0.1) is 0 Å². The molecule has 0 bridgehead atoms. The fourth-order valence-electron chi connectivity index (χ4n) is 1.65. The van der Waals surface area contributed by atoms with Gasteiger partial charge in [-0.25, -0.2) is 0 Å². The van der Waals surface area contributed by atoms with Gasteiger partial charge in [0, 0.05) is 17.8 Å². The van der Waals surface area contributed by atoms with Gasteiger partial charge in [-0.2, -0.15) is 0 Å². The molecule has 0 aliphatic carbocycles. The van der Waals surface area contributed by atoms with Crippen LogP contribution in [0.3, 0.4) is 0 Å². The first-order valence-corrected chi connectivity index (χ1v) is 5.37. The lowest BCUT2D eigenvalue weighted by Crippen LogP contribution is -1.96. The first-order chi connectivity index (χ1) is 8.31. The summed E-state index contributed by atoms with van der Waals surface area (Å²) in [5.74, 6) is -0.236. The second-order valence-electron chi connectivity index (χ2n) is 3.63. The quantitative estimate of drug-likeness (QED) is 0.757. The number of benzene rings is 1. The van der Waals surface area contributed by atoms with Gasteiger partial charge in [0.2, 0.25) is 0 Å². The van der Waals surface area contributed by atoms with Crippen LogP contribution in [0.2, 0.25) is 0 Å². The lowest BCUT2D eigenvalue weighted by atomic mass is 10.1. The van der Waals surface area contributed by atoms with Crippen LogP contribution in [0.5, 0.6) is 0 Å². The Balaban J connectivity index is 2.27. The van der Waals surface area contributed by atoms with Gasteiger partial charge < -0.3 is 4.74 Å². The minimum absolute atomic E-state index is 0.236. The van der Waals surface area contributed by atoms with Gasteiger partial charge in [0.1, 0.15) is 0 Å². The number of carbonyl (C=O) groups excluding carboxylic acids is 1. The molecule has 0 fully saturated rings. The van der Waals surface area contributed by atoms with E-state index in [0.717, 1.165) is 16.3 Å². The second kappa shape index (κ2) is 5.25. The standard InChI is InChI=1S/C14H13NO2/c1-17-14(16)7-3-6-11-4-2-5-12-8-9-15-10-13(11)12/h2-6,8-10H,7H2,1H3. The van der Waals surface area contributed by atoms with Crippen LogP contribution in [0.1, 0.15) is 12.0 Å². The Hall–Kier alpha value is -2.16. The largest absolute Gasteiger partial charge is 0.469 e. The number of ether oxygens (including phenoxy) is 1. The number of hydrogen-bond acceptors (Lipinski definition) is 3. The molecule has 3 heteroatoms. The van der Waals surface area contributed by atoms with Gasteiger partial charge >= 0.3 is 5.97 Å². The second-order valence-corrected chi connectivity index (χ2v) is 3.63. The molecule has 1 heterocycles. The SMILES string of the molecule is COC(=O)CC=Cc1cccc2ccncc12. The average molecular weight is 227 g/mol. The predicted molar refractivity (Wildman–Crippen MR) is 67.4 cm³/mol. The molecule has 1 aromatic heterocycles. The number of carbonyl (C=O) groups is 1. The van der Waals surface area contributed by atoms with Crippen molar-refractivity contribution in [2.45, 2.75) is 6.42 Å². The zero-order valence-electron chi connectivity index (χ0n) is 9.59. The molecule has 0 saturated heterocycles. The van der Waals surface area contributed by atoms with Crippen LogP contribution in [0.4, 0.5) is 0 Å². The highest BCUT2D eigenvalue weighted by Crippen LogP contribution is 2.18. The van der Waals surface area contributed by atoms with Crippen LogP contribution in [-0.4, -0.2) is 18.1 Å².